The number of hydrogen-bond acceptors (Lipinski definition) is 4. The minimum atomic E-state index is 0.455. The van der Waals surface area contributed by atoms with E-state index in [4.69, 9.17) is 10.2 Å². The smallest absolute Gasteiger partial charge is 0.109 e. The van der Waals surface area contributed by atoms with Gasteiger partial charge in [0.25, 0.3) is 0 Å². The third kappa shape index (κ3) is 5.71. The Bertz CT molecular complexity index is 746. The van der Waals surface area contributed by atoms with Gasteiger partial charge in [-0.2, -0.15) is 0 Å². The van der Waals surface area contributed by atoms with Crippen molar-refractivity contribution in [2.45, 2.75) is 59.0 Å². The highest BCUT2D eigenvalue weighted by Crippen LogP contribution is 2.21. The molecule has 0 amide bonds. The lowest BCUT2D eigenvalue weighted by atomic mass is 10.2. The van der Waals surface area contributed by atoms with Crippen molar-refractivity contribution in [3.8, 4) is 0 Å². The van der Waals surface area contributed by atoms with Crippen LogP contribution in [-0.2, 0) is 13.0 Å². The van der Waals surface area contributed by atoms with Crippen LogP contribution in [0.4, 0.5) is 0 Å². The van der Waals surface area contributed by atoms with Crippen molar-refractivity contribution in [1.29, 1.82) is 0 Å². The highest BCUT2D eigenvalue weighted by molar-refractivity contribution is 5.79. The molecule has 0 bridgehead atoms. The van der Waals surface area contributed by atoms with Gasteiger partial charge in [-0.25, -0.2) is 4.98 Å². The van der Waals surface area contributed by atoms with Crippen LogP contribution in [0.3, 0.4) is 0 Å². The van der Waals surface area contributed by atoms with Crippen LogP contribution in [0.2, 0.25) is 0 Å². The molecule has 0 fully saturated rings. The molecule has 1 heterocycles. The molecule has 2 aromatic rings. The van der Waals surface area contributed by atoms with Gasteiger partial charge in [-0.05, 0) is 43.2 Å². The molecule has 26 heavy (non-hydrogen) atoms. The Morgan fingerprint density at radius 1 is 1.35 bits per heavy atom. The average Bonchev–Trinajstić information content (AvgIpc) is 2.98. The molecule has 5 nitrogen and oxygen atoms in total. The average molecular weight is 357 g/mol. The Morgan fingerprint density at radius 2 is 2.15 bits per heavy atom. The second-order valence-electron chi connectivity index (χ2n) is 6.96. The highest BCUT2D eigenvalue weighted by Gasteiger charge is 2.10. The summed E-state index contributed by atoms with van der Waals surface area (Å²) in [4.78, 5) is 4.89. The largest absolute Gasteiger partial charge is 0.328 e. The SMILES string of the molecule is C=C(/C=C/c1ccc2c(c1)nc(CCCC)n2CCCNC(C)C)NO. The number of nitrogens with zero attached hydrogens (tertiary/aromatic N) is 2. The predicted octanol–water partition coefficient (Wildman–Crippen LogP) is 4.27. The van der Waals surface area contributed by atoms with Crippen LogP contribution in [0.15, 0.2) is 36.6 Å². The van der Waals surface area contributed by atoms with Gasteiger partial charge in [-0.3, -0.25) is 10.7 Å². The molecule has 142 valence electrons. The summed E-state index contributed by atoms with van der Waals surface area (Å²) in [5.41, 5.74) is 5.75. The van der Waals surface area contributed by atoms with E-state index in [1.54, 1.807) is 6.08 Å². The molecular formula is C21H32N4O. The maximum absolute atomic E-state index is 8.82. The van der Waals surface area contributed by atoms with Crippen molar-refractivity contribution in [2.24, 2.45) is 0 Å². The van der Waals surface area contributed by atoms with E-state index in [1.165, 1.54) is 17.8 Å². The molecule has 0 unspecified atom stereocenters. The van der Waals surface area contributed by atoms with Crippen molar-refractivity contribution in [3.63, 3.8) is 0 Å². The number of hydrogen-bond donors (Lipinski definition) is 3. The van der Waals surface area contributed by atoms with Crippen LogP contribution in [-0.4, -0.2) is 27.3 Å². The summed E-state index contributed by atoms with van der Waals surface area (Å²) in [6, 6.07) is 6.83. The first-order valence-electron chi connectivity index (χ1n) is 9.54. The summed E-state index contributed by atoms with van der Waals surface area (Å²) in [6.07, 6.45) is 8.09. The second-order valence-corrected chi connectivity index (χ2v) is 6.96. The number of aromatic nitrogens is 2. The van der Waals surface area contributed by atoms with Gasteiger partial charge in [0.15, 0.2) is 0 Å². The van der Waals surface area contributed by atoms with E-state index in [9.17, 15) is 0 Å². The van der Waals surface area contributed by atoms with Crippen molar-refractivity contribution in [2.75, 3.05) is 6.54 Å². The monoisotopic (exact) mass is 356 g/mol. The molecule has 0 saturated carbocycles. The number of fused-ring (bicyclic) bond motifs is 1. The van der Waals surface area contributed by atoms with Crippen LogP contribution in [0.25, 0.3) is 17.1 Å². The van der Waals surface area contributed by atoms with E-state index in [0.29, 0.717) is 11.7 Å². The summed E-state index contributed by atoms with van der Waals surface area (Å²) in [5, 5.41) is 12.3. The minimum absolute atomic E-state index is 0.455. The number of benzene rings is 1. The zero-order chi connectivity index (χ0) is 18.9. The van der Waals surface area contributed by atoms with Crippen LogP contribution in [0.1, 0.15) is 51.4 Å². The zero-order valence-corrected chi connectivity index (χ0v) is 16.3. The van der Waals surface area contributed by atoms with Crippen molar-refractivity contribution >= 4 is 17.1 Å². The van der Waals surface area contributed by atoms with Gasteiger partial charge in [-0.15, -0.1) is 0 Å². The number of aryl methyl sites for hydroxylation is 2. The molecule has 0 spiro atoms. The molecule has 0 saturated heterocycles. The number of unbranched alkanes of at least 4 members (excludes halogenated alkanes) is 1. The zero-order valence-electron chi connectivity index (χ0n) is 16.3. The van der Waals surface area contributed by atoms with E-state index in [2.05, 4.69) is 55.4 Å². The predicted molar refractivity (Wildman–Crippen MR) is 109 cm³/mol. The van der Waals surface area contributed by atoms with Crippen LogP contribution in [0.5, 0.6) is 0 Å². The topological polar surface area (TPSA) is 62.1 Å². The summed E-state index contributed by atoms with van der Waals surface area (Å²) >= 11 is 0. The molecule has 0 aliphatic rings. The van der Waals surface area contributed by atoms with Crippen LogP contribution in [0, 0.1) is 0 Å². The van der Waals surface area contributed by atoms with Crippen LogP contribution >= 0.6 is 0 Å². The first kappa shape index (κ1) is 20.2. The lowest BCUT2D eigenvalue weighted by Crippen LogP contribution is -2.24. The molecule has 0 radical (unpaired) electrons. The molecular weight excluding hydrogens is 324 g/mol. The summed E-state index contributed by atoms with van der Waals surface area (Å²) in [5.74, 6) is 1.17. The third-order valence-corrected chi connectivity index (χ3v) is 4.34. The van der Waals surface area contributed by atoms with Crippen molar-refractivity contribution in [1.82, 2.24) is 20.3 Å². The van der Waals surface area contributed by atoms with E-state index in [0.717, 1.165) is 43.4 Å². The van der Waals surface area contributed by atoms with E-state index >= 15 is 0 Å². The van der Waals surface area contributed by atoms with E-state index in [1.807, 2.05) is 11.6 Å². The first-order valence-corrected chi connectivity index (χ1v) is 9.54. The van der Waals surface area contributed by atoms with Gasteiger partial charge < -0.3 is 9.88 Å². The first-order chi connectivity index (χ1) is 12.5. The van der Waals surface area contributed by atoms with Gasteiger partial charge in [0.1, 0.15) is 5.82 Å². The summed E-state index contributed by atoms with van der Waals surface area (Å²) in [7, 11) is 0. The highest BCUT2D eigenvalue weighted by atomic mass is 16.5. The molecule has 0 aliphatic heterocycles. The summed E-state index contributed by atoms with van der Waals surface area (Å²) < 4.78 is 2.37. The number of rotatable bonds is 11. The Hall–Kier alpha value is -2.11. The fourth-order valence-corrected chi connectivity index (χ4v) is 2.94. The molecule has 1 aromatic heterocycles. The fraction of sp³-hybridized carbons (Fsp3) is 0.476. The lowest BCUT2D eigenvalue weighted by molar-refractivity contribution is 0.205. The normalized spacial score (nSPS) is 11.7. The lowest BCUT2D eigenvalue weighted by Gasteiger charge is -2.11. The van der Waals surface area contributed by atoms with Crippen molar-refractivity contribution in [3.05, 3.63) is 47.9 Å². The molecule has 0 aliphatic carbocycles. The maximum atomic E-state index is 8.82. The van der Waals surface area contributed by atoms with E-state index in [-0.39, 0.29) is 0 Å². The standard InChI is InChI=1S/C21H32N4O/c1-5-6-8-21-23-19-15-18(10-9-17(4)24-26)11-12-20(19)25(21)14-7-13-22-16(2)3/h9-12,15-16,22,24,26H,4-8,13-14H2,1-3H3/b10-9+. The fourth-order valence-electron chi connectivity index (χ4n) is 2.94. The Balaban J connectivity index is 2.23. The summed E-state index contributed by atoms with van der Waals surface area (Å²) in [6.45, 7) is 12.2. The molecule has 1 aromatic carbocycles. The van der Waals surface area contributed by atoms with Gasteiger partial charge in [0.05, 0.1) is 16.7 Å². The number of hydroxylamine groups is 1. The number of nitrogens with one attached hydrogen (secondary N) is 2. The van der Waals surface area contributed by atoms with Crippen molar-refractivity contribution < 1.29 is 5.21 Å². The Labute approximate surface area is 156 Å². The van der Waals surface area contributed by atoms with Gasteiger partial charge in [0.2, 0.25) is 0 Å². The van der Waals surface area contributed by atoms with Crippen LogP contribution < -0.4 is 10.8 Å². The molecule has 0 atom stereocenters. The molecule has 2 rings (SSSR count). The minimum Gasteiger partial charge on any atom is -0.328 e. The number of allylic oxidation sites excluding steroid dienone is 1. The molecule has 5 heteroatoms. The maximum Gasteiger partial charge on any atom is 0.109 e. The Kier molecular flexibility index (Phi) is 7.88. The van der Waals surface area contributed by atoms with Gasteiger partial charge in [-0.1, -0.05) is 45.9 Å². The third-order valence-electron chi connectivity index (χ3n) is 4.34. The van der Waals surface area contributed by atoms with Gasteiger partial charge >= 0.3 is 0 Å². The van der Waals surface area contributed by atoms with Gasteiger partial charge in [0, 0.05) is 19.0 Å². The number of imidazole rings is 1. The second kappa shape index (κ2) is 10.1. The Morgan fingerprint density at radius 3 is 2.85 bits per heavy atom. The quantitative estimate of drug-likeness (QED) is 0.320. The van der Waals surface area contributed by atoms with E-state index < -0.39 is 0 Å². The molecule has 3 N–H and O–H groups in total.